The van der Waals surface area contributed by atoms with Crippen molar-refractivity contribution in [2.75, 3.05) is 0 Å². The van der Waals surface area contributed by atoms with Gasteiger partial charge in [0.25, 0.3) is 0 Å². The van der Waals surface area contributed by atoms with E-state index in [9.17, 15) is 0 Å². The van der Waals surface area contributed by atoms with Crippen LogP contribution in [0.5, 0.6) is 0 Å². The smallest absolute Gasteiger partial charge is 0.346 e. The van der Waals surface area contributed by atoms with Crippen LogP contribution in [-0.4, -0.2) is 58.6 Å². The predicted octanol–water partition coefficient (Wildman–Crippen LogP) is 26.3. The third-order valence-corrected chi connectivity index (χ3v) is 24.6. The molecule has 0 bridgehead atoms. The fourth-order valence-corrected chi connectivity index (χ4v) is 18.7. The van der Waals surface area contributed by atoms with E-state index in [4.69, 9.17) is 19.9 Å². The van der Waals surface area contributed by atoms with Crippen molar-refractivity contribution in [1.29, 1.82) is 0 Å². The number of para-hydroxylation sites is 6. The third-order valence-electron chi connectivity index (χ3n) is 21.4. The summed E-state index contributed by atoms with van der Waals surface area (Å²) in [4.78, 5) is 42.5. The summed E-state index contributed by atoms with van der Waals surface area (Å²) in [6.45, 7) is 0. The van der Waals surface area contributed by atoms with Gasteiger partial charge in [0.15, 0.2) is 0 Å². The molecule has 123 heavy (non-hydrogen) atoms. The Morgan fingerprint density at radius 2 is 0.626 bits per heavy atom. The maximum Gasteiger partial charge on any atom is 2.00 e. The monoisotopic (exact) mass is 2170 g/mol. The molecule has 0 aliphatic rings. The van der Waals surface area contributed by atoms with E-state index in [-0.39, 0.29) is 63.2 Å². The number of thiazole rings is 3. The maximum atomic E-state index is 4.90. The van der Waals surface area contributed by atoms with Gasteiger partial charge < -0.3 is 28.7 Å². The Morgan fingerprint density at radius 1 is 0.236 bits per heavy atom. The Kier molecular flexibility index (Phi) is 22.4. The quantitative estimate of drug-likeness (QED) is 0.110. The van der Waals surface area contributed by atoms with Crippen LogP contribution in [0.3, 0.4) is 0 Å². The van der Waals surface area contributed by atoms with E-state index in [1.807, 2.05) is 140 Å². The molecule has 0 radical (unpaired) electrons. The van der Waals surface area contributed by atoms with Crippen LogP contribution in [0.15, 0.2) is 365 Å². The first-order valence-corrected chi connectivity index (χ1v) is 41.6. The van der Waals surface area contributed by atoms with Gasteiger partial charge in [-0.05, 0) is 187 Å². The summed E-state index contributed by atoms with van der Waals surface area (Å²) >= 11 is 5.08. The summed E-state index contributed by atoms with van der Waals surface area (Å²) in [5, 5.41) is 9.85. The summed E-state index contributed by atoms with van der Waals surface area (Å²) in [5.74, 6) is 0. The molecule has 0 saturated carbocycles. The van der Waals surface area contributed by atoms with Crippen LogP contribution in [0, 0.1) is 36.4 Å². The summed E-state index contributed by atoms with van der Waals surface area (Å²) in [6, 6.07) is 134. The molecular formula is C105H60N12Pt3S3. The Morgan fingerprint density at radius 3 is 1.09 bits per heavy atom. The molecule has 12 aromatic heterocycles. The molecule has 12 heterocycles. The van der Waals surface area contributed by atoms with E-state index >= 15 is 0 Å². The van der Waals surface area contributed by atoms with Gasteiger partial charge in [0.05, 0.1) is 27.9 Å². The molecule has 12 aromatic carbocycles. The molecule has 0 aliphatic carbocycles. The second kappa shape index (κ2) is 34.7. The van der Waals surface area contributed by atoms with Crippen LogP contribution in [0.4, 0.5) is 0 Å². The Balaban J connectivity index is 0.000000120. The summed E-state index contributed by atoms with van der Waals surface area (Å²) in [6.07, 6.45) is 10.9. The molecule has 0 N–H and O–H groups in total. The van der Waals surface area contributed by atoms with Crippen LogP contribution in [0.2, 0.25) is 0 Å². The molecule has 24 rings (SSSR count). The minimum atomic E-state index is 0. The van der Waals surface area contributed by atoms with Gasteiger partial charge in [0, 0.05) is 88.5 Å². The molecular weight excluding hydrogens is 2110 g/mol. The second-order valence-electron chi connectivity index (χ2n) is 28.6. The standard InChI is InChI=1S/3C35H20N4S.3Pt/c1-3-13-32-26(9-1)27-17-15-23(35-38-31-12-2-4-14-34(31)40-35)21-33(27)39(32)24-16-18-25(29-10-5-7-19-36-29)28(22-24)30-11-6-8-20-37-30;1-3-15-31-26(11-1)27-18-17-24(35-38-30-14-2-4-16-33(30)40-35)22-32(27)39(31)25-10-7-9-23(21-25)34-28(12-8-20-37-34)29-13-5-6-19-36-29;1-3-13-32-27(10-1)28-16-15-25(35-38-30-12-2-4-14-34(30)40-35)22-33(28)39(32)26-9-7-8-23(20-26)31-21-24(17-19-37-31)29-11-5-6-18-36-29;;;/h2*1-20H;1-19,21H;;;/q3*-2;3*+2. The van der Waals surface area contributed by atoms with E-state index in [0.717, 1.165) is 182 Å². The Labute approximate surface area is 762 Å². The number of rotatable bonds is 12. The van der Waals surface area contributed by atoms with Crippen molar-refractivity contribution in [2.24, 2.45) is 0 Å². The Hall–Kier alpha value is -13.3. The molecule has 0 unspecified atom stereocenters. The predicted molar refractivity (Wildman–Crippen MR) is 491 cm³/mol. The number of aromatic nitrogens is 12. The molecule has 0 atom stereocenters. The average molecular weight is 2170 g/mol. The normalized spacial score (nSPS) is 11.2. The van der Waals surface area contributed by atoms with E-state index in [2.05, 4.69) is 299 Å². The number of nitrogens with zero attached hydrogens (tertiary/aromatic N) is 12. The topological polar surface area (TPSA) is 131 Å². The van der Waals surface area contributed by atoms with E-state index in [0.29, 0.717) is 0 Å². The van der Waals surface area contributed by atoms with Crippen molar-refractivity contribution < 1.29 is 63.2 Å². The van der Waals surface area contributed by atoms with Crippen molar-refractivity contribution in [2.45, 2.75) is 0 Å². The fourth-order valence-electron chi connectivity index (χ4n) is 15.9. The molecule has 0 spiro atoms. The Bertz CT molecular complexity index is 7930. The molecule has 0 aliphatic heterocycles. The van der Waals surface area contributed by atoms with Gasteiger partial charge in [-0.3, -0.25) is 29.9 Å². The minimum Gasteiger partial charge on any atom is -0.346 e. The summed E-state index contributed by atoms with van der Waals surface area (Å²) in [7, 11) is 0. The van der Waals surface area contributed by atoms with Crippen molar-refractivity contribution in [3.05, 3.63) is 401 Å². The average Bonchev–Trinajstić information content (AvgIpc) is 1.60. The molecule has 0 saturated heterocycles. The molecule has 588 valence electrons. The molecule has 12 nitrogen and oxygen atoms in total. The SMILES string of the molecule is [Pt+2].[Pt+2].[Pt+2].[c-]1c(-c2cc(-c3ccccn3)ccn2)cccc1-n1c2[c-]c(-c3nc4ccccc4s3)ccc2c2ccccc21.[c-]1c(-c2ncccc2-c2ccccn2)cccc1-n1c2[c-]c(-c3nc4ccccc4s3)ccc2c2ccccc21.[c-]1c(-n2c3[c-]c(-c4nc5ccccc5s4)ccc3c3ccccc32)ccc(-c2ccccn2)c1-c1ccccn1. The first-order chi connectivity index (χ1) is 59.5. The van der Waals surface area contributed by atoms with Gasteiger partial charge in [0.2, 0.25) is 0 Å². The summed E-state index contributed by atoms with van der Waals surface area (Å²) < 4.78 is 10.3. The molecule has 24 aromatic rings. The second-order valence-corrected chi connectivity index (χ2v) is 31.7. The van der Waals surface area contributed by atoms with Gasteiger partial charge in [-0.1, -0.05) is 155 Å². The third kappa shape index (κ3) is 15.2. The fraction of sp³-hybridized carbons (Fsp3) is 0. The van der Waals surface area contributed by atoms with E-state index < -0.39 is 0 Å². The number of hydrogen-bond acceptors (Lipinski definition) is 12. The zero-order chi connectivity index (χ0) is 79.4. The van der Waals surface area contributed by atoms with Crippen LogP contribution in [0.25, 0.3) is 212 Å². The minimum absolute atomic E-state index is 0. The largest absolute Gasteiger partial charge is 2.00 e. The van der Waals surface area contributed by atoms with Crippen LogP contribution < -0.4 is 0 Å². The van der Waals surface area contributed by atoms with Crippen LogP contribution in [-0.2, 0) is 63.2 Å². The van der Waals surface area contributed by atoms with Crippen molar-refractivity contribution in [1.82, 2.24) is 58.6 Å². The van der Waals surface area contributed by atoms with Crippen LogP contribution >= 0.6 is 34.0 Å². The van der Waals surface area contributed by atoms with Gasteiger partial charge >= 0.3 is 63.2 Å². The summed E-state index contributed by atoms with van der Waals surface area (Å²) in [5.41, 5.74) is 26.0. The van der Waals surface area contributed by atoms with Crippen molar-refractivity contribution >= 4 is 130 Å². The number of fused-ring (bicyclic) bond motifs is 12. The van der Waals surface area contributed by atoms with Crippen LogP contribution in [0.1, 0.15) is 0 Å². The molecule has 0 fully saturated rings. The van der Waals surface area contributed by atoms with Crippen molar-refractivity contribution in [3.8, 4) is 116 Å². The number of benzene rings is 12. The zero-order valence-electron chi connectivity index (χ0n) is 64.7. The molecule has 0 amide bonds. The maximum absolute atomic E-state index is 4.90. The first kappa shape index (κ1) is 79.5. The van der Waals surface area contributed by atoms with Gasteiger partial charge in [-0.15, -0.1) is 155 Å². The van der Waals surface area contributed by atoms with Gasteiger partial charge in [-0.25, -0.2) is 0 Å². The number of hydrogen-bond donors (Lipinski definition) is 0. The number of pyridine rings is 6. The molecule has 18 heteroatoms. The first-order valence-electron chi connectivity index (χ1n) is 39.1. The van der Waals surface area contributed by atoms with Gasteiger partial charge in [-0.2, -0.15) is 34.0 Å². The van der Waals surface area contributed by atoms with E-state index in [1.54, 1.807) is 34.0 Å². The zero-order valence-corrected chi connectivity index (χ0v) is 73.9. The van der Waals surface area contributed by atoms with E-state index in [1.165, 1.54) is 30.3 Å². The van der Waals surface area contributed by atoms with Crippen molar-refractivity contribution in [3.63, 3.8) is 0 Å². The van der Waals surface area contributed by atoms with Gasteiger partial charge in [0.1, 0.15) is 0 Å².